The number of ether oxygens (including phenoxy) is 1. The molecule has 0 saturated carbocycles. The monoisotopic (exact) mass is 309 g/mol. The van der Waals surface area contributed by atoms with Gasteiger partial charge in [-0.2, -0.15) is 0 Å². The van der Waals surface area contributed by atoms with Gasteiger partial charge in [0.1, 0.15) is 11.9 Å². The minimum atomic E-state index is -0.529. The molecular formula is C16H27N3O3. The van der Waals surface area contributed by atoms with Crippen LogP contribution in [-0.4, -0.2) is 51.8 Å². The number of rotatable bonds is 7. The minimum Gasteiger partial charge on any atom is -0.465 e. The van der Waals surface area contributed by atoms with Crippen LogP contribution in [0.15, 0.2) is 12.4 Å². The fourth-order valence-electron chi connectivity index (χ4n) is 2.86. The van der Waals surface area contributed by atoms with Gasteiger partial charge in [-0.3, -0.25) is 9.69 Å². The average molecular weight is 309 g/mol. The van der Waals surface area contributed by atoms with E-state index in [2.05, 4.69) is 16.8 Å². The van der Waals surface area contributed by atoms with Gasteiger partial charge >= 0.3 is 5.97 Å². The number of hydrogen-bond acceptors (Lipinski definition) is 5. The summed E-state index contributed by atoms with van der Waals surface area (Å²) in [5, 5.41) is 10.4. The van der Waals surface area contributed by atoms with Crippen LogP contribution in [-0.2, 0) is 16.6 Å². The van der Waals surface area contributed by atoms with Crippen LogP contribution < -0.4 is 0 Å². The molecule has 1 atom stereocenters. The number of aromatic nitrogens is 2. The molecule has 6 nitrogen and oxygen atoms in total. The molecule has 1 N–H and O–H groups in total. The van der Waals surface area contributed by atoms with Gasteiger partial charge in [0.25, 0.3) is 0 Å². The van der Waals surface area contributed by atoms with Crippen molar-refractivity contribution in [1.29, 1.82) is 0 Å². The number of likely N-dealkylation sites (tertiary alicyclic amines) is 1. The third kappa shape index (κ3) is 4.55. The van der Waals surface area contributed by atoms with Gasteiger partial charge in [-0.1, -0.05) is 13.3 Å². The van der Waals surface area contributed by atoms with Crippen molar-refractivity contribution in [1.82, 2.24) is 14.5 Å². The molecule has 22 heavy (non-hydrogen) atoms. The fraction of sp³-hybridized carbons (Fsp3) is 0.750. The third-order valence-corrected chi connectivity index (χ3v) is 4.32. The Hall–Kier alpha value is -1.40. The first-order valence-electron chi connectivity index (χ1n) is 8.15. The highest BCUT2D eigenvalue weighted by molar-refractivity contribution is 5.71. The van der Waals surface area contributed by atoms with Crippen LogP contribution in [0.1, 0.15) is 44.5 Å². The second kappa shape index (κ2) is 8.29. The molecule has 1 aromatic heterocycles. The van der Waals surface area contributed by atoms with E-state index in [1.54, 1.807) is 6.20 Å². The molecule has 6 heteroatoms. The van der Waals surface area contributed by atoms with E-state index in [9.17, 15) is 9.90 Å². The summed E-state index contributed by atoms with van der Waals surface area (Å²) in [7, 11) is 1.90. The SMILES string of the molecule is CCCCOC(=O)CN1CCC(C(O)c2nccn2C)CC1. The predicted molar refractivity (Wildman–Crippen MR) is 83.2 cm³/mol. The summed E-state index contributed by atoms with van der Waals surface area (Å²) in [6, 6.07) is 0. The molecule has 0 aliphatic carbocycles. The first kappa shape index (κ1) is 17.0. The van der Waals surface area contributed by atoms with Crippen molar-refractivity contribution in [3.63, 3.8) is 0 Å². The number of aliphatic hydroxyl groups excluding tert-OH is 1. The summed E-state index contributed by atoms with van der Waals surface area (Å²) in [6.45, 7) is 4.58. The number of hydrogen-bond donors (Lipinski definition) is 1. The average Bonchev–Trinajstić information content (AvgIpc) is 2.94. The van der Waals surface area contributed by atoms with Crippen molar-refractivity contribution in [2.75, 3.05) is 26.2 Å². The fourth-order valence-corrected chi connectivity index (χ4v) is 2.86. The smallest absolute Gasteiger partial charge is 0.320 e. The first-order valence-corrected chi connectivity index (χ1v) is 8.15. The quantitative estimate of drug-likeness (QED) is 0.611. The standard InChI is InChI=1S/C16H27N3O3/c1-3-4-11-22-14(20)12-19-8-5-13(6-9-19)15(21)16-17-7-10-18(16)2/h7,10,13,15,21H,3-6,8-9,11-12H2,1-2H3. The Morgan fingerprint density at radius 2 is 2.23 bits per heavy atom. The molecule has 1 fully saturated rings. The molecule has 0 spiro atoms. The Balaban J connectivity index is 1.74. The number of aryl methyl sites for hydroxylation is 1. The van der Waals surface area contributed by atoms with Gasteiger partial charge in [-0.05, 0) is 38.3 Å². The number of aliphatic hydroxyl groups is 1. The Kier molecular flexibility index (Phi) is 6.39. The zero-order valence-corrected chi connectivity index (χ0v) is 13.6. The summed E-state index contributed by atoms with van der Waals surface area (Å²) in [5.41, 5.74) is 0. The zero-order valence-electron chi connectivity index (χ0n) is 13.6. The summed E-state index contributed by atoms with van der Waals surface area (Å²) in [4.78, 5) is 18.0. The van der Waals surface area contributed by atoms with Crippen molar-refractivity contribution < 1.29 is 14.6 Å². The van der Waals surface area contributed by atoms with E-state index in [0.29, 0.717) is 13.2 Å². The van der Waals surface area contributed by atoms with Gasteiger partial charge in [0.05, 0.1) is 13.2 Å². The lowest BCUT2D eigenvalue weighted by Crippen LogP contribution is -2.39. The van der Waals surface area contributed by atoms with Gasteiger partial charge in [0, 0.05) is 19.4 Å². The molecule has 1 unspecified atom stereocenters. The Morgan fingerprint density at radius 1 is 1.50 bits per heavy atom. The van der Waals surface area contributed by atoms with E-state index >= 15 is 0 Å². The Labute approximate surface area is 132 Å². The largest absolute Gasteiger partial charge is 0.465 e. The van der Waals surface area contributed by atoms with E-state index in [1.807, 2.05) is 17.8 Å². The van der Waals surface area contributed by atoms with Crippen LogP contribution in [0.3, 0.4) is 0 Å². The second-order valence-corrected chi connectivity index (χ2v) is 6.03. The maximum atomic E-state index is 11.7. The molecule has 1 saturated heterocycles. The number of esters is 1. The summed E-state index contributed by atoms with van der Waals surface area (Å²) >= 11 is 0. The van der Waals surface area contributed by atoms with Crippen LogP contribution in [0, 0.1) is 5.92 Å². The van der Waals surface area contributed by atoms with Crippen LogP contribution in [0.2, 0.25) is 0 Å². The topological polar surface area (TPSA) is 67.6 Å². The number of piperidine rings is 1. The minimum absolute atomic E-state index is 0.142. The Morgan fingerprint density at radius 3 is 2.82 bits per heavy atom. The molecular weight excluding hydrogens is 282 g/mol. The third-order valence-electron chi connectivity index (χ3n) is 4.32. The highest BCUT2D eigenvalue weighted by Crippen LogP contribution is 2.29. The normalized spacial score (nSPS) is 18.3. The van der Waals surface area contributed by atoms with Crippen LogP contribution >= 0.6 is 0 Å². The lowest BCUT2D eigenvalue weighted by Gasteiger charge is -2.33. The number of carbonyl (C=O) groups is 1. The van der Waals surface area contributed by atoms with Crippen LogP contribution in [0.25, 0.3) is 0 Å². The van der Waals surface area contributed by atoms with Gasteiger partial charge in [0.2, 0.25) is 0 Å². The molecule has 0 aromatic carbocycles. The first-order chi connectivity index (χ1) is 10.6. The van der Waals surface area contributed by atoms with Crippen molar-refractivity contribution in [2.45, 2.75) is 38.7 Å². The predicted octanol–water partition coefficient (Wildman–Crippen LogP) is 1.51. The molecule has 0 bridgehead atoms. The lowest BCUT2D eigenvalue weighted by atomic mass is 9.91. The van der Waals surface area contributed by atoms with E-state index in [4.69, 9.17) is 4.74 Å². The van der Waals surface area contributed by atoms with Gasteiger partial charge in [0.15, 0.2) is 0 Å². The lowest BCUT2D eigenvalue weighted by molar-refractivity contribution is -0.145. The molecule has 0 amide bonds. The Bertz CT molecular complexity index is 467. The maximum Gasteiger partial charge on any atom is 0.320 e. The van der Waals surface area contributed by atoms with Crippen molar-refractivity contribution in [3.8, 4) is 0 Å². The maximum absolute atomic E-state index is 11.7. The van der Waals surface area contributed by atoms with Crippen molar-refractivity contribution in [2.24, 2.45) is 13.0 Å². The van der Waals surface area contributed by atoms with E-state index in [1.165, 1.54) is 0 Å². The molecule has 0 radical (unpaired) electrons. The molecule has 1 aliphatic heterocycles. The van der Waals surface area contributed by atoms with Crippen molar-refractivity contribution >= 4 is 5.97 Å². The van der Waals surface area contributed by atoms with Gasteiger partial charge in [-0.15, -0.1) is 0 Å². The molecule has 124 valence electrons. The highest BCUT2D eigenvalue weighted by atomic mass is 16.5. The number of imidazole rings is 1. The van der Waals surface area contributed by atoms with Gasteiger partial charge < -0.3 is 14.4 Å². The highest BCUT2D eigenvalue weighted by Gasteiger charge is 2.29. The van der Waals surface area contributed by atoms with Crippen molar-refractivity contribution in [3.05, 3.63) is 18.2 Å². The van der Waals surface area contributed by atoms with Gasteiger partial charge in [-0.25, -0.2) is 4.98 Å². The summed E-state index contributed by atoms with van der Waals surface area (Å²) < 4.78 is 7.05. The number of nitrogens with zero attached hydrogens (tertiary/aromatic N) is 3. The molecule has 1 aliphatic rings. The summed E-state index contributed by atoms with van der Waals surface area (Å²) in [6.07, 6.45) is 6.72. The van der Waals surface area contributed by atoms with E-state index in [-0.39, 0.29) is 11.9 Å². The number of carbonyl (C=O) groups excluding carboxylic acids is 1. The number of unbranched alkanes of at least 4 members (excludes halogenated alkanes) is 1. The van der Waals surface area contributed by atoms with Crippen LogP contribution in [0.5, 0.6) is 0 Å². The van der Waals surface area contributed by atoms with Crippen LogP contribution in [0.4, 0.5) is 0 Å². The van der Waals surface area contributed by atoms with E-state index < -0.39 is 6.10 Å². The molecule has 2 rings (SSSR count). The van der Waals surface area contributed by atoms with E-state index in [0.717, 1.165) is 44.6 Å². The zero-order chi connectivity index (χ0) is 15.9. The second-order valence-electron chi connectivity index (χ2n) is 6.03. The molecule has 1 aromatic rings. The molecule has 2 heterocycles. The summed E-state index contributed by atoms with van der Waals surface area (Å²) in [5.74, 6) is 0.780.